The second kappa shape index (κ2) is 6.91. The van der Waals surface area contributed by atoms with E-state index in [4.69, 9.17) is 11.6 Å². The standard InChI is InChI=1S/C15H16ClN3O/c1-11-13(16)6-4-7-14(11)18-10-15(20)19-9-12-5-2-3-8-17-12/h2-8,18H,9-10H2,1H3,(H,19,20). The monoisotopic (exact) mass is 289 g/mol. The number of anilines is 1. The summed E-state index contributed by atoms with van der Waals surface area (Å²) in [6.07, 6.45) is 1.70. The Bertz CT molecular complexity index is 587. The molecule has 0 bridgehead atoms. The highest BCUT2D eigenvalue weighted by atomic mass is 35.5. The molecule has 0 fully saturated rings. The maximum Gasteiger partial charge on any atom is 0.239 e. The van der Waals surface area contributed by atoms with Gasteiger partial charge in [-0.05, 0) is 36.8 Å². The molecule has 2 N–H and O–H groups in total. The van der Waals surface area contributed by atoms with Crippen molar-refractivity contribution in [1.29, 1.82) is 0 Å². The third-order valence-electron chi connectivity index (χ3n) is 2.90. The molecule has 0 radical (unpaired) electrons. The average molecular weight is 290 g/mol. The van der Waals surface area contributed by atoms with Crippen LogP contribution in [0.2, 0.25) is 5.02 Å². The number of benzene rings is 1. The van der Waals surface area contributed by atoms with Gasteiger partial charge in [0, 0.05) is 16.9 Å². The highest BCUT2D eigenvalue weighted by molar-refractivity contribution is 6.31. The number of nitrogens with one attached hydrogen (secondary N) is 2. The number of nitrogens with zero attached hydrogens (tertiary/aromatic N) is 1. The van der Waals surface area contributed by atoms with E-state index < -0.39 is 0 Å². The third-order valence-corrected chi connectivity index (χ3v) is 3.31. The molecule has 20 heavy (non-hydrogen) atoms. The largest absolute Gasteiger partial charge is 0.376 e. The zero-order chi connectivity index (χ0) is 14.4. The maximum atomic E-state index is 11.8. The van der Waals surface area contributed by atoms with Gasteiger partial charge in [-0.1, -0.05) is 23.7 Å². The Labute approximate surface area is 123 Å². The summed E-state index contributed by atoms with van der Waals surface area (Å²) in [5, 5.41) is 6.56. The minimum Gasteiger partial charge on any atom is -0.376 e. The zero-order valence-electron chi connectivity index (χ0n) is 11.2. The summed E-state index contributed by atoms with van der Waals surface area (Å²) < 4.78 is 0. The van der Waals surface area contributed by atoms with Crippen LogP contribution in [0.15, 0.2) is 42.6 Å². The lowest BCUT2D eigenvalue weighted by molar-refractivity contribution is -0.119. The number of carbonyl (C=O) groups excluding carboxylic acids is 1. The quantitative estimate of drug-likeness (QED) is 0.890. The van der Waals surface area contributed by atoms with Gasteiger partial charge in [-0.25, -0.2) is 0 Å². The Hall–Kier alpha value is -2.07. The molecule has 1 aromatic heterocycles. The first-order chi connectivity index (χ1) is 9.66. The Morgan fingerprint density at radius 1 is 1.25 bits per heavy atom. The number of amides is 1. The van der Waals surface area contributed by atoms with Crippen LogP contribution >= 0.6 is 11.6 Å². The van der Waals surface area contributed by atoms with E-state index in [0.717, 1.165) is 16.9 Å². The molecule has 4 nitrogen and oxygen atoms in total. The predicted molar refractivity (Wildman–Crippen MR) is 80.8 cm³/mol. The molecule has 5 heteroatoms. The van der Waals surface area contributed by atoms with Gasteiger partial charge in [0.25, 0.3) is 0 Å². The molecular formula is C15H16ClN3O. The highest BCUT2D eigenvalue weighted by Gasteiger charge is 2.05. The van der Waals surface area contributed by atoms with Crippen LogP contribution in [0.4, 0.5) is 5.69 Å². The Balaban J connectivity index is 1.82. The van der Waals surface area contributed by atoms with Crippen LogP contribution in [-0.4, -0.2) is 17.4 Å². The van der Waals surface area contributed by atoms with Gasteiger partial charge >= 0.3 is 0 Å². The molecule has 1 amide bonds. The van der Waals surface area contributed by atoms with E-state index in [1.165, 1.54) is 0 Å². The van der Waals surface area contributed by atoms with Crippen LogP contribution < -0.4 is 10.6 Å². The number of rotatable bonds is 5. The second-order valence-corrected chi connectivity index (χ2v) is 4.77. The molecule has 1 aromatic carbocycles. The van der Waals surface area contributed by atoms with Gasteiger partial charge in [-0.15, -0.1) is 0 Å². The van der Waals surface area contributed by atoms with E-state index in [9.17, 15) is 4.79 Å². The van der Waals surface area contributed by atoms with Crippen LogP contribution in [0.5, 0.6) is 0 Å². The van der Waals surface area contributed by atoms with Crippen molar-refractivity contribution in [3.8, 4) is 0 Å². The summed E-state index contributed by atoms with van der Waals surface area (Å²) in [5.41, 5.74) is 2.64. The fourth-order valence-corrected chi connectivity index (χ4v) is 1.90. The van der Waals surface area contributed by atoms with Crippen molar-refractivity contribution in [3.63, 3.8) is 0 Å². The molecule has 0 saturated carbocycles. The van der Waals surface area contributed by atoms with Gasteiger partial charge in [0.1, 0.15) is 0 Å². The number of carbonyl (C=O) groups is 1. The van der Waals surface area contributed by atoms with Gasteiger partial charge in [-0.3, -0.25) is 9.78 Å². The smallest absolute Gasteiger partial charge is 0.239 e. The van der Waals surface area contributed by atoms with Crippen molar-refractivity contribution < 1.29 is 4.79 Å². The Morgan fingerprint density at radius 3 is 2.85 bits per heavy atom. The number of halogens is 1. The Kier molecular flexibility index (Phi) is 4.96. The van der Waals surface area contributed by atoms with Crippen molar-refractivity contribution in [2.24, 2.45) is 0 Å². The third kappa shape index (κ3) is 3.96. The summed E-state index contributed by atoms with van der Waals surface area (Å²) in [7, 11) is 0. The highest BCUT2D eigenvalue weighted by Crippen LogP contribution is 2.22. The Morgan fingerprint density at radius 2 is 2.10 bits per heavy atom. The molecule has 2 aromatic rings. The minimum atomic E-state index is -0.0879. The number of hydrogen-bond acceptors (Lipinski definition) is 3. The van der Waals surface area contributed by atoms with Gasteiger partial charge in [-0.2, -0.15) is 0 Å². The van der Waals surface area contributed by atoms with E-state index in [1.807, 2.05) is 43.3 Å². The van der Waals surface area contributed by atoms with E-state index in [1.54, 1.807) is 6.20 Å². The van der Waals surface area contributed by atoms with Crippen LogP contribution in [0, 0.1) is 6.92 Å². The topological polar surface area (TPSA) is 54.0 Å². The number of aromatic nitrogens is 1. The van der Waals surface area contributed by atoms with Crippen LogP contribution in [-0.2, 0) is 11.3 Å². The molecule has 1 heterocycles. The van der Waals surface area contributed by atoms with Gasteiger partial charge in [0.2, 0.25) is 5.91 Å². The summed E-state index contributed by atoms with van der Waals surface area (Å²) in [5.74, 6) is -0.0879. The molecule has 0 aliphatic rings. The molecule has 0 spiro atoms. The first kappa shape index (κ1) is 14.3. The molecule has 0 aliphatic carbocycles. The van der Waals surface area contributed by atoms with E-state index in [2.05, 4.69) is 15.6 Å². The van der Waals surface area contributed by atoms with Crippen molar-refractivity contribution in [1.82, 2.24) is 10.3 Å². The van der Waals surface area contributed by atoms with E-state index in [-0.39, 0.29) is 12.5 Å². The second-order valence-electron chi connectivity index (χ2n) is 4.36. The number of hydrogen-bond donors (Lipinski definition) is 2. The summed E-state index contributed by atoms with van der Waals surface area (Å²) in [6.45, 7) is 2.54. The molecule has 0 unspecified atom stereocenters. The molecule has 0 saturated heterocycles. The lowest BCUT2D eigenvalue weighted by Crippen LogP contribution is -2.29. The lowest BCUT2D eigenvalue weighted by Gasteiger charge is -2.10. The zero-order valence-corrected chi connectivity index (χ0v) is 11.9. The molecule has 104 valence electrons. The minimum absolute atomic E-state index is 0.0879. The first-order valence-corrected chi connectivity index (χ1v) is 6.70. The molecular weight excluding hydrogens is 274 g/mol. The number of pyridine rings is 1. The van der Waals surface area contributed by atoms with Crippen molar-refractivity contribution >= 4 is 23.2 Å². The normalized spacial score (nSPS) is 10.1. The van der Waals surface area contributed by atoms with Gasteiger partial charge in [0.15, 0.2) is 0 Å². The molecule has 0 atom stereocenters. The average Bonchev–Trinajstić information content (AvgIpc) is 2.48. The van der Waals surface area contributed by atoms with Crippen LogP contribution in [0.25, 0.3) is 0 Å². The fourth-order valence-electron chi connectivity index (χ4n) is 1.73. The lowest BCUT2D eigenvalue weighted by atomic mass is 10.2. The van der Waals surface area contributed by atoms with Crippen LogP contribution in [0.1, 0.15) is 11.3 Å². The summed E-state index contributed by atoms with van der Waals surface area (Å²) in [6, 6.07) is 11.2. The SMILES string of the molecule is Cc1c(Cl)cccc1NCC(=O)NCc1ccccn1. The van der Waals surface area contributed by atoms with Crippen molar-refractivity contribution in [2.45, 2.75) is 13.5 Å². The van der Waals surface area contributed by atoms with Crippen molar-refractivity contribution in [2.75, 3.05) is 11.9 Å². The summed E-state index contributed by atoms with van der Waals surface area (Å²) in [4.78, 5) is 15.9. The van der Waals surface area contributed by atoms with E-state index >= 15 is 0 Å². The van der Waals surface area contributed by atoms with Gasteiger partial charge in [0.05, 0.1) is 18.8 Å². The van der Waals surface area contributed by atoms with Crippen LogP contribution in [0.3, 0.4) is 0 Å². The van der Waals surface area contributed by atoms with E-state index in [0.29, 0.717) is 11.6 Å². The maximum absolute atomic E-state index is 11.8. The van der Waals surface area contributed by atoms with Gasteiger partial charge < -0.3 is 10.6 Å². The molecule has 2 rings (SSSR count). The van der Waals surface area contributed by atoms with Crippen molar-refractivity contribution in [3.05, 3.63) is 58.9 Å². The summed E-state index contributed by atoms with van der Waals surface area (Å²) >= 11 is 6.02. The fraction of sp³-hybridized carbons (Fsp3) is 0.200. The molecule has 0 aliphatic heterocycles. The predicted octanol–water partition coefficient (Wildman–Crippen LogP) is 2.77. The first-order valence-electron chi connectivity index (χ1n) is 6.32.